The Labute approximate surface area is 97.6 Å². The lowest BCUT2D eigenvalue weighted by Gasteiger charge is -2.15. The third-order valence-corrected chi connectivity index (χ3v) is 3.24. The quantitative estimate of drug-likeness (QED) is 0.772. The first-order chi connectivity index (χ1) is 7.84. The van der Waals surface area contributed by atoms with Crippen LogP contribution in [0.3, 0.4) is 0 Å². The van der Waals surface area contributed by atoms with Crippen LogP contribution in [0, 0.1) is 0 Å². The lowest BCUT2D eigenvalue weighted by Crippen LogP contribution is -2.33. The second-order valence-electron chi connectivity index (χ2n) is 4.72. The minimum Gasteiger partial charge on any atom is -0.469 e. The Morgan fingerprint density at radius 3 is 3.25 bits per heavy atom. The van der Waals surface area contributed by atoms with Crippen molar-refractivity contribution in [3.8, 4) is 0 Å². The SMILES string of the molecule is CC(Cc1ccco1)NCCC1CCCN1. The van der Waals surface area contributed by atoms with E-state index in [-0.39, 0.29) is 0 Å². The largest absolute Gasteiger partial charge is 0.469 e. The van der Waals surface area contributed by atoms with Crippen LogP contribution in [-0.4, -0.2) is 25.2 Å². The van der Waals surface area contributed by atoms with E-state index in [1.54, 1.807) is 6.26 Å². The van der Waals surface area contributed by atoms with Crippen molar-refractivity contribution in [1.29, 1.82) is 0 Å². The van der Waals surface area contributed by atoms with Crippen molar-refractivity contribution in [2.75, 3.05) is 13.1 Å². The van der Waals surface area contributed by atoms with Gasteiger partial charge in [0.2, 0.25) is 0 Å². The highest BCUT2D eigenvalue weighted by Crippen LogP contribution is 2.08. The molecule has 2 rings (SSSR count). The number of hydrogen-bond acceptors (Lipinski definition) is 3. The molecule has 0 aliphatic carbocycles. The van der Waals surface area contributed by atoms with Gasteiger partial charge in [-0.3, -0.25) is 0 Å². The summed E-state index contributed by atoms with van der Waals surface area (Å²) in [6.45, 7) is 4.51. The minimum absolute atomic E-state index is 0.493. The number of furan rings is 1. The van der Waals surface area contributed by atoms with Gasteiger partial charge in [0.25, 0.3) is 0 Å². The minimum atomic E-state index is 0.493. The predicted octanol–water partition coefficient (Wildman–Crippen LogP) is 1.94. The zero-order chi connectivity index (χ0) is 11.2. The highest BCUT2D eigenvalue weighted by Gasteiger charge is 2.13. The van der Waals surface area contributed by atoms with Crippen LogP contribution >= 0.6 is 0 Å². The molecule has 2 unspecified atom stereocenters. The Kier molecular flexibility index (Phi) is 4.43. The normalized spacial score (nSPS) is 22.4. The highest BCUT2D eigenvalue weighted by atomic mass is 16.3. The van der Waals surface area contributed by atoms with Gasteiger partial charge in [-0.25, -0.2) is 0 Å². The van der Waals surface area contributed by atoms with Gasteiger partial charge in [0, 0.05) is 18.5 Å². The van der Waals surface area contributed by atoms with Crippen LogP contribution in [0.4, 0.5) is 0 Å². The molecule has 1 aliphatic heterocycles. The molecule has 2 atom stereocenters. The predicted molar refractivity (Wildman–Crippen MR) is 65.5 cm³/mol. The van der Waals surface area contributed by atoms with Crippen molar-refractivity contribution in [1.82, 2.24) is 10.6 Å². The van der Waals surface area contributed by atoms with Gasteiger partial charge < -0.3 is 15.1 Å². The van der Waals surface area contributed by atoms with Gasteiger partial charge >= 0.3 is 0 Å². The Balaban J connectivity index is 1.58. The first-order valence-corrected chi connectivity index (χ1v) is 6.34. The van der Waals surface area contributed by atoms with E-state index in [1.807, 2.05) is 12.1 Å². The molecule has 0 amide bonds. The average Bonchev–Trinajstić information content (AvgIpc) is 2.90. The molecule has 3 nitrogen and oxygen atoms in total. The van der Waals surface area contributed by atoms with E-state index >= 15 is 0 Å². The molecule has 2 heterocycles. The van der Waals surface area contributed by atoms with Crippen molar-refractivity contribution in [2.24, 2.45) is 0 Å². The van der Waals surface area contributed by atoms with E-state index in [4.69, 9.17) is 4.42 Å². The van der Waals surface area contributed by atoms with Crippen LogP contribution in [-0.2, 0) is 6.42 Å². The Morgan fingerprint density at radius 2 is 2.56 bits per heavy atom. The van der Waals surface area contributed by atoms with Gasteiger partial charge in [0.15, 0.2) is 0 Å². The highest BCUT2D eigenvalue weighted by molar-refractivity contribution is 4.99. The van der Waals surface area contributed by atoms with Crippen LogP contribution in [0.25, 0.3) is 0 Å². The van der Waals surface area contributed by atoms with Crippen LogP contribution in [0.15, 0.2) is 22.8 Å². The maximum absolute atomic E-state index is 5.33. The molecule has 0 saturated carbocycles. The van der Waals surface area contributed by atoms with E-state index in [1.165, 1.54) is 25.8 Å². The zero-order valence-electron chi connectivity index (χ0n) is 10.0. The molecule has 90 valence electrons. The van der Waals surface area contributed by atoms with Gasteiger partial charge in [-0.15, -0.1) is 0 Å². The third kappa shape index (κ3) is 3.65. The summed E-state index contributed by atoms with van der Waals surface area (Å²) in [4.78, 5) is 0. The Bertz CT molecular complexity index is 278. The lowest BCUT2D eigenvalue weighted by atomic mass is 10.1. The first kappa shape index (κ1) is 11.7. The van der Waals surface area contributed by atoms with Crippen LogP contribution in [0.2, 0.25) is 0 Å². The molecule has 0 bridgehead atoms. The zero-order valence-corrected chi connectivity index (χ0v) is 10.0. The average molecular weight is 222 g/mol. The van der Waals surface area contributed by atoms with E-state index in [0.717, 1.165) is 24.8 Å². The van der Waals surface area contributed by atoms with E-state index < -0.39 is 0 Å². The molecular formula is C13H22N2O. The summed E-state index contributed by atoms with van der Waals surface area (Å²) in [5.74, 6) is 1.07. The molecule has 1 aromatic rings. The maximum atomic E-state index is 5.33. The molecule has 1 saturated heterocycles. The van der Waals surface area contributed by atoms with Crippen LogP contribution < -0.4 is 10.6 Å². The molecule has 1 aromatic heterocycles. The number of hydrogen-bond donors (Lipinski definition) is 2. The van der Waals surface area contributed by atoms with Crippen molar-refractivity contribution in [3.05, 3.63) is 24.2 Å². The second kappa shape index (κ2) is 6.06. The summed E-state index contributed by atoms with van der Waals surface area (Å²) in [7, 11) is 0. The van der Waals surface area contributed by atoms with E-state index in [2.05, 4.69) is 17.6 Å². The van der Waals surface area contributed by atoms with Crippen molar-refractivity contribution in [3.63, 3.8) is 0 Å². The second-order valence-corrected chi connectivity index (χ2v) is 4.72. The molecule has 0 spiro atoms. The van der Waals surface area contributed by atoms with Gasteiger partial charge in [-0.1, -0.05) is 0 Å². The summed E-state index contributed by atoms with van der Waals surface area (Å²) >= 11 is 0. The molecular weight excluding hydrogens is 200 g/mol. The fourth-order valence-electron chi connectivity index (χ4n) is 2.31. The molecule has 0 radical (unpaired) electrons. The van der Waals surface area contributed by atoms with Crippen molar-refractivity contribution < 1.29 is 4.42 Å². The Hall–Kier alpha value is -0.800. The third-order valence-electron chi connectivity index (χ3n) is 3.24. The van der Waals surface area contributed by atoms with Crippen LogP contribution in [0.5, 0.6) is 0 Å². The van der Waals surface area contributed by atoms with Gasteiger partial charge in [0.05, 0.1) is 6.26 Å². The molecule has 1 aliphatic rings. The molecule has 2 N–H and O–H groups in total. The summed E-state index contributed by atoms with van der Waals surface area (Å²) in [6.07, 6.45) is 6.64. The molecule has 3 heteroatoms. The first-order valence-electron chi connectivity index (χ1n) is 6.34. The monoisotopic (exact) mass is 222 g/mol. The van der Waals surface area contributed by atoms with Crippen molar-refractivity contribution >= 4 is 0 Å². The van der Waals surface area contributed by atoms with Gasteiger partial charge in [-0.2, -0.15) is 0 Å². The summed E-state index contributed by atoms with van der Waals surface area (Å²) in [6, 6.07) is 5.22. The molecule has 16 heavy (non-hydrogen) atoms. The fourth-order valence-corrected chi connectivity index (χ4v) is 2.31. The van der Waals surface area contributed by atoms with E-state index in [9.17, 15) is 0 Å². The summed E-state index contributed by atoms with van der Waals surface area (Å²) < 4.78 is 5.33. The molecule has 0 aromatic carbocycles. The van der Waals surface area contributed by atoms with Crippen LogP contribution in [0.1, 0.15) is 31.9 Å². The standard InChI is InChI=1S/C13H22N2O/c1-11(10-13-5-3-9-16-13)14-8-6-12-4-2-7-15-12/h3,5,9,11-12,14-15H,2,4,6-8,10H2,1H3. The van der Waals surface area contributed by atoms with E-state index in [0.29, 0.717) is 6.04 Å². The smallest absolute Gasteiger partial charge is 0.105 e. The summed E-state index contributed by atoms with van der Waals surface area (Å²) in [5, 5.41) is 7.07. The van der Waals surface area contributed by atoms with Crippen molar-refractivity contribution in [2.45, 2.75) is 44.7 Å². The summed E-state index contributed by atoms with van der Waals surface area (Å²) in [5.41, 5.74) is 0. The molecule has 1 fully saturated rings. The fraction of sp³-hybridized carbons (Fsp3) is 0.692. The lowest BCUT2D eigenvalue weighted by molar-refractivity contribution is 0.440. The number of rotatable bonds is 6. The van der Waals surface area contributed by atoms with Gasteiger partial charge in [-0.05, 0) is 51.4 Å². The topological polar surface area (TPSA) is 37.2 Å². The van der Waals surface area contributed by atoms with Gasteiger partial charge in [0.1, 0.15) is 5.76 Å². The Morgan fingerprint density at radius 1 is 1.62 bits per heavy atom. The number of nitrogens with one attached hydrogen (secondary N) is 2. The maximum Gasteiger partial charge on any atom is 0.105 e.